The van der Waals surface area contributed by atoms with E-state index >= 15 is 0 Å². The summed E-state index contributed by atoms with van der Waals surface area (Å²) in [6.45, 7) is 5.37. The second-order valence-corrected chi connectivity index (χ2v) is 8.29. The van der Waals surface area contributed by atoms with E-state index in [1.54, 1.807) is 0 Å². The average molecular weight is 311 g/mol. The standard InChI is InChI=1S/C20H25NO2/c1-20(2)11-15-18(16(22)12-20)19(23)17(13-7-4-3-5-8-13)14-9-6-10-21(14)15/h3-5,7-8,14-15,17-18H,6,9-12H2,1-2H3. The third-order valence-electron chi connectivity index (χ3n) is 6.07. The zero-order valence-electron chi connectivity index (χ0n) is 14.0. The van der Waals surface area contributed by atoms with E-state index in [0.717, 1.165) is 31.4 Å². The van der Waals surface area contributed by atoms with Crippen molar-refractivity contribution >= 4 is 11.6 Å². The average Bonchev–Trinajstić information content (AvgIpc) is 2.96. The van der Waals surface area contributed by atoms with Gasteiger partial charge < -0.3 is 0 Å². The van der Waals surface area contributed by atoms with Gasteiger partial charge in [0.2, 0.25) is 0 Å². The highest BCUT2D eigenvalue weighted by Gasteiger charge is 2.56. The van der Waals surface area contributed by atoms with E-state index in [2.05, 4.69) is 30.9 Å². The molecule has 1 saturated carbocycles. The van der Waals surface area contributed by atoms with Crippen LogP contribution in [0.4, 0.5) is 0 Å². The van der Waals surface area contributed by atoms with Gasteiger partial charge >= 0.3 is 0 Å². The number of fused-ring (bicyclic) bond motifs is 3. The summed E-state index contributed by atoms with van der Waals surface area (Å²) in [6, 6.07) is 10.5. The molecule has 2 heterocycles. The third-order valence-corrected chi connectivity index (χ3v) is 6.07. The van der Waals surface area contributed by atoms with Gasteiger partial charge in [-0.2, -0.15) is 0 Å². The van der Waals surface area contributed by atoms with E-state index in [1.165, 1.54) is 0 Å². The number of Topliss-reactive ketones (excluding diaryl/α,β-unsaturated/α-hetero) is 2. The van der Waals surface area contributed by atoms with Crippen molar-refractivity contribution in [1.82, 2.24) is 4.90 Å². The van der Waals surface area contributed by atoms with E-state index in [0.29, 0.717) is 6.42 Å². The lowest BCUT2D eigenvalue weighted by Gasteiger charge is -2.51. The number of hydrogen-bond donors (Lipinski definition) is 0. The summed E-state index contributed by atoms with van der Waals surface area (Å²) in [5, 5.41) is 0. The Morgan fingerprint density at radius 1 is 1.04 bits per heavy atom. The first kappa shape index (κ1) is 15.1. The number of rotatable bonds is 1. The van der Waals surface area contributed by atoms with Gasteiger partial charge in [0.15, 0.2) is 5.78 Å². The lowest BCUT2D eigenvalue weighted by molar-refractivity contribution is -0.148. The number of carbonyl (C=O) groups is 2. The molecule has 4 atom stereocenters. The zero-order valence-corrected chi connectivity index (χ0v) is 14.0. The van der Waals surface area contributed by atoms with E-state index in [-0.39, 0.29) is 35.0 Å². The molecule has 122 valence electrons. The van der Waals surface area contributed by atoms with Crippen LogP contribution in [-0.2, 0) is 9.59 Å². The summed E-state index contributed by atoms with van der Waals surface area (Å²) >= 11 is 0. The Bertz CT molecular complexity index is 636. The van der Waals surface area contributed by atoms with Gasteiger partial charge in [0.25, 0.3) is 0 Å². The minimum Gasteiger partial charge on any atom is -0.299 e. The summed E-state index contributed by atoms with van der Waals surface area (Å²) < 4.78 is 0. The van der Waals surface area contributed by atoms with Gasteiger partial charge in [-0.05, 0) is 36.8 Å². The van der Waals surface area contributed by atoms with Crippen molar-refractivity contribution in [2.45, 2.75) is 57.5 Å². The van der Waals surface area contributed by atoms with E-state index in [1.807, 2.05) is 18.2 Å². The maximum absolute atomic E-state index is 13.3. The highest BCUT2D eigenvalue weighted by atomic mass is 16.2. The third kappa shape index (κ3) is 2.37. The molecule has 1 aromatic rings. The van der Waals surface area contributed by atoms with E-state index < -0.39 is 5.92 Å². The molecule has 0 bridgehead atoms. The minimum atomic E-state index is -0.400. The van der Waals surface area contributed by atoms with Crippen LogP contribution < -0.4 is 0 Å². The van der Waals surface area contributed by atoms with Crippen LogP contribution in [0.25, 0.3) is 0 Å². The van der Waals surface area contributed by atoms with Gasteiger partial charge in [0.1, 0.15) is 5.78 Å². The Morgan fingerprint density at radius 2 is 1.78 bits per heavy atom. The largest absolute Gasteiger partial charge is 0.299 e. The van der Waals surface area contributed by atoms with Crippen LogP contribution in [0.2, 0.25) is 0 Å². The summed E-state index contributed by atoms with van der Waals surface area (Å²) in [7, 11) is 0. The summed E-state index contributed by atoms with van der Waals surface area (Å²) in [6.07, 6.45) is 3.72. The highest BCUT2D eigenvalue weighted by Crippen LogP contribution is 2.48. The molecule has 0 spiro atoms. The van der Waals surface area contributed by atoms with Gasteiger partial charge in [-0.15, -0.1) is 0 Å². The predicted octanol–water partition coefficient (Wildman–Crippen LogP) is 3.19. The molecular formula is C20H25NO2. The molecule has 1 aromatic carbocycles. The van der Waals surface area contributed by atoms with Crippen molar-refractivity contribution in [3.8, 4) is 0 Å². The Balaban J connectivity index is 1.76. The number of benzene rings is 1. The summed E-state index contributed by atoms with van der Waals surface area (Å²) in [4.78, 5) is 28.6. The van der Waals surface area contributed by atoms with Crippen LogP contribution in [0.15, 0.2) is 30.3 Å². The molecule has 0 aromatic heterocycles. The molecule has 23 heavy (non-hydrogen) atoms. The Kier molecular flexibility index (Phi) is 3.45. The molecule has 0 amide bonds. The molecular weight excluding hydrogens is 286 g/mol. The molecule has 2 aliphatic heterocycles. The van der Waals surface area contributed by atoms with Crippen LogP contribution in [0.3, 0.4) is 0 Å². The van der Waals surface area contributed by atoms with Crippen LogP contribution in [0.1, 0.15) is 51.0 Å². The zero-order chi connectivity index (χ0) is 16.2. The van der Waals surface area contributed by atoms with Crippen molar-refractivity contribution in [1.29, 1.82) is 0 Å². The van der Waals surface area contributed by atoms with E-state index in [9.17, 15) is 9.59 Å². The molecule has 0 radical (unpaired) electrons. The van der Waals surface area contributed by atoms with Crippen molar-refractivity contribution in [3.63, 3.8) is 0 Å². The van der Waals surface area contributed by atoms with Crippen LogP contribution in [0.5, 0.6) is 0 Å². The quantitative estimate of drug-likeness (QED) is 0.748. The van der Waals surface area contributed by atoms with Crippen molar-refractivity contribution in [2.75, 3.05) is 6.54 Å². The number of piperidine rings is 1. The molecule has 3 fully saturated rings. The predicted molar refractivity (Wildman–Crippen MR) is 89.2 cm³/mol. The first-order valence-electron chi connectivity index (χ1n) is 8.85. The normalized spacial score (nSPS) is 36.6. The fourth-order valence-electron chi connectivity index (χ4n) is 5.22. The highest BCUT2D eigenvalue weighted by molar-refractivity contribution is 6.07. The smallest absolute Gasteiger partial charge is 0.153 e. The second kappa shape index (κ2) is 5.27. The van der Waals surface area contributed by atoms with Gasteiger partial charge in [0.05, 0.1) is 11.8 Å². The first-order valence-corrected chi connectivity index (χ1v) is 8.85. The Hall–Kier alpha value is -1.48. The topological polar surface area (TPSA) is 37.4 Å². The first-order chi connectivity index (χ1) is 11.0. The second-order valence-electron chi connectivity index (χ2n) is 8.29. The monoisotopic (exact) mass is 311 g/mol. The minimum absolute atomic E-state index is 0.0191. The molecule has 4 unspecified atom stereocenters. The van der Waals surface area contributed by atoms with Gasteiger partial charge in [-0.25, -0.2) is 0 Å². The van der Waals surface area contributed by atoms with Gasteiger partial charge in [-0.1, -0.05) is 44.2 Å². The SMILES string of the molecule is CC1(C)CC(=O)C2C(=O)C(c3ccccc3)C3CCCN3C2C1. The lowest BCUT2D eigenvalue weighted by Crippen LogP contribution is -2.61. The van der Waals surface area contributed by atoms with Crippen LogP contribution >= 0.6 is 0 Å². The van der Waals surface area contributed by atoms with Crippen LogP contribution in [-0.4, -0.2) is 35.1 Å². The fraction of sp³-hybridized carbons (Fsp3) is 0.600. The number of hydrogen-bond acceptors (Lipinski definition) is 3. The van der Waals surface area contributed by atoms with Gasteiger partial charge in [-0.3, -0.25) is 14.5 Å². The molecule has 4 rings (SSSR count). The fourth-order valence-corrected chi connectivity index (χ4v) is 5.22. The van der Waals surface area contributed by atoms with Crippen molar-refractivity contribution in [3.05, 3.63) is 35.9 Å². The Labute approximate surface area is 138 Å². The molecule has 0 N–H and O–H groups in total. The maximum Gasteiger partial charge on any atom is 0.153 e. The Morgan fingerprint density at radius 3 is 2.52 bits per heavy atom. The summed E-state index contributed by atoms with van der Waals surface area (Å²) in [5.41, 5.74) is 1.11. The number of ketones is 2. The lowest BCUT2D eigenvalue weighted by atomic mass is 9.63. The molecule has 1 aliphatic carbocycles. The van der Waals surface area contributed by atoms with Crippen LogP contribution in [0, 0.1) is 11.3 Å². The van der Waals surface area contributed by atoms with Crippen molar-refractivity contribution < 1.29 is 9.59 Å². The number of nitrogens with zero attached hydrogens (tertiary/aromatic N) is 1. The summed E-state index contributed by atoms with van der Waals surface area (Å²) in [5.74, 6) is -0.167. The molecule has 3 aliphatic rings. The molecule has 3 heteroatoms. The number of carbonyl (C=O) groups excluding carboxylic acids is 2. The molecule has 2 saturated heterocycles. The van der Waals surface area contributed by atoms with Crippen molar-refractivity contribution in [2.24, 2.45) is 11.3 Å². The molecule has 3 nitrogen and oxygen atoms in total. The van der Waals surface area contributed by atoms with E-state index in [4.69, 9.17) is 0 Å². The van der Waals surface area contributed by atoms with Gasteiger partial charge in [0, 0.05) is 18.5 Å². The maximum atomic E-state index is 13.3.